The van der Waals surface area contributed by atoms with E-state index in [-0.39, 0.29) is 5.41 Å². The van der Waals surface area contributed by atoms with Crippen LogP contribution in [0.5, 0.6) is 0 Å². The van der Waals surface area contributed by atoms with Gasteiger partial charge in [0.2, 0.25) is 0 Å². The van der Waals surface area contributed by atoms with E-state index in [1.165, 1.54) is 19.5 Å². The van der Waals surface area contributed by atoms with Crippen molar-refractivity contribution in [1.82, 2.24) is 14.9 Å². The average Bonchev–Trinajstić information content (AvgIpc) is 2.84. The molecule has 2 heterocycles. The lowest BCUT2D eigenvalue weighted by molar-refractivity contribution is 0.230. The molecule has 106 valence electrons. The molecule has 1 saturated heterocycles. The third kappa shape index (κ3) is 3.64. The first kappa shape index (κ1) is 14.2. The van der Waals surface area contributed by atoms with Crippen LogP contribution in [0.1, 0.15) is 26.1 Å². The Balaban J connectivity index is 1.93. The molecule has 1 aliphatic heterocycles. The third-order valence-corrected chi connectivity index (χ3v) is 4.11. The molecule has 0 aromatic carbocycles. The average molecular weight is 263 g/mol. The minimum absolute atomic E-state index is 0.262. The maximum absolute atomic E-state index is 5.56. The van der Waals surface area contributed by atoms with Gasteiger partial charge in [0.05, 0.1) is 6.54 Å². The van der Waals surface area contributed by atoms with E-state index < -0.39 is 0 Å². The molecule has 2 rings (SSSR count). The van der Waals surface area contributed by atoms with Gasteiger partial charge >= 0.3 is 0 Å². The zero-order valence-electron chi connectivity index (χ0n) is 12.2. The van der Waals surface area contributed by atoms with Crippen molar-refractivity contribution in [2.75, 3.05) is 32.0 Å². The van der Waals surface area contributed by atoms with Crippen LogP contribution < -0.4 is 11.1 Å². The molecule has 5 heteroatoms. The van der Waals surface area contributed by atoms with Crippen molar-refractivity contribution in [1.29, 1.82) is 0 Å². The second-order valence-electron chi connectivity index (χ2n) is 6.15. The summed E-state index contributed by atoms with van der Waals surface area (Å²) in [7, 11) is 2.20. The summed E-state index contributed by atoms with van der Waals surface area (Å²) >= 11 is 0. The molecule has 0 bridgehead atoms. The van der Waals surface area contributed by atoms with Gasteiger partial charge in [0.25, 0.3) is 0 Å². The molecule has 1 unspecified atom stereocenters. The fourth-order valence-electron chi connectivity index (χ4n) is 2.63. The Bertz CT molecular complexity index is 418. The van der Waals surface area contributed by atoms with Gasteiger partial charge in [-0.1, -0.05) is 13.8 Å². The van der Waals surface area contributed by atoms with Crippen LogP contribution in [-0.2, 0) is 6.54 Å². The number of rotatable bonds is 5. The van der Waals surface area contributed by atoms with Crippen LogP contribution in [0.15, 0.2) is 12.3 Å². The van der Waals surface area contributed by atoms with Crippen LogP contribution in [-0.4, -0.2) is 41.5 Å². The zero-order chi connectivity index (χ0) is 13.9. The van der Waals surface area contributed by atoms with Crippen molar-refractivity contribution in [2.45, 2.75) is 26.8 Å². The molecular formula is C14H25N5. The number of likely N-dealkylation sites (tertiary alicyclic amines) is 1. The summed E-state index contributed by atoms with van der Waals surface area (Å²) in [5.74, 6) is 2.29. The lowest BCUT2D eigenvalue weighted by Crippen LogP contribution is -2.33. The zero-order valence-corrected chi connectivity index (χ0v) is 12.2. The molecule has 0 aliphatic carbocycles. The first-order valence-electron chi connectivity index (χ1n) is 6.95. The van der Waals surface area contributed by atoms with E-state index in [4.69, 9.17) is 5.73 Å². The molecule has 3 N–H and O–H groups in total. The topological polar surface area (TPSA) is 67.1 Å². The number of aromatic nitrogens is 2. The van der Waals surface area contributed by atoms with Gasteiger partial charge in [-0.3, -0.25) is 0 Å². The molecule has 1 aromatic rings. The first-order valence-corrected chi connectivity index (χ1v) is 6.95. The second kappa shape index (κ2) is 5.84. The Morgan fingerprint density at radius 3 is 2.95 bits per heavy atom. The summed E-state index contributed by atoms with van der Waals surface area (Å²) in [4.78, 5) is 10.9. The van der Waals surface area contributed by atoms with Crippen molar-refractivity contribution in [3.05, 3.63) is 18.1 Å². The maximum Gasteiger partial charge on any atom is 0.144 e. The molecular weight excluding hydrogens is 238 g/mol. The SMILES string of the molecule is CN1CCC(C(C)(C)CNc2ccnc(CN)n2)C1. The highest BCUT2D eigenvalue weighted by Gasteiger charge is 2.33. The molecule has 0 saturated carbocycles. The fourth-order valence-corrected chi connectivity index (χ4v) is 2.63. The summed E-state index contributed by atoms with van der Waals surface area (Å²) in [6, 6.07) is 1.90. The van der Waals surface area contributed by atoms with E-state index in [9.17, 15) is 0 Å². The minimum Gasteiger partial charge on any atom is -0.369 e. The second-order valence-corrected chi connectivity index (χ2v) is 6.15. The minimum atomic E-state index is 0.262. The van der Waals surface area contributed by atoms with Gasteiger partial charge in [-0.15, -0.1) is 0 Å². The van der Waals surface area contributed by atoms with Crippen molar-refractivity contribution >= 4 is 5.82 Å². The molecule has 1 aliphatic rings. The summed E-state index contributed by atoms with van der Waals surface area (Å²) in [5, 5.41) is 3.43. The third-order valence-electron chi connectivity index (χ3n) is 4.11. The monoisotopic (exact) mass is 263 g/mol. The molecule has 0 amide bonds. The van der Waals surface area contributed by atoms with Crippen LogP contribution in [0, 0.1) is 11.3 Å². The highest BCUT2D eigenvalue weighted by atomic mass is 15.1. The van der Waals surface area contributed by atoms with Gasteiger partial charge in [-0.25, -0.2) is 9.97 Å². The Hall–Kier alpha value is -1.20. The number of nitrogens with two attached hydrogens (primary N) is 1. The lowest BCUT2D eigenvalue weighted by atomic mass is 9.78. The Kier molecular flexibility index (Phi) is 4.37. The van der Waals surface area contributed by atoms with Gasteiger partial charge in [-0.05, 0) is 37.4 Å². The lowest BCUT2D eigenvalue weighted by Gasteiger charge is -2.32. The van der Waals surface area contributed by atoms with Crippen LogP contribution in [0.25, 0.3) is 0 Å². The summed E-state index contributed by atoms with van der Waals surface area (Å²) in [5.41, 5.74) is 5.82. The first-order chi connectivity index (χ1) is 9.01. The smallest absolute Gasteiger partial charge is 0.144 e. The Morgan fingerprint density at radius 2 is 2.32 bits per heavy atom. The van der Waals surface area contributed by atoms with Gasteiger partial charge in [0, 0.05) is 19.3 Å². The van der Waals surface area contributed by atoms with Gasteiger partial charge in [-0.2, -0.15) is 0 Å². The maximum atomic E-state index is 5.56. The largest absolute Gasteiger partial charge is 0.369 e. The van der Waals surface area contributed by atoms with Gasteiger partial charge < -0.3 is 16.0 Å². The fraction of sp³-hybridized carbons (Fsp3) is 0.714. The van der Waals surface area contributed by atoms with Crippen LogP contribution >= 0.6 is 0 Å². The van der Waals surface area contributed by atoms with Gasteiger partial charge in [0.1, 0.15) is 11.6 Å². The summed E-state index contributed by atoms with van der Waals surface area (Å²) in [6.07, 6.45) is 3.04. The summed E-state index contributed by atoms with van der Waals surface area (Å²) < 4.78 is 0. The Morgan fingerprint density at radius 1 is 1.53 bits per heavy atom. The molecule has 1 atom stereocenters. The quantitative estimate of drug-likeness (QED) is 0.839. The number of nitrogens with zero attached hydrogens (tertiary/aromatic N) is 3. The predicted molar refractivity (Wildman–Crippen MR) is 77.8 cm³/mol. The Labute approximate surface area is 115 Å². The van der Waals surface area contributed by atoms with Crippen molar-refractivity contribution in [2.24, 2.45) is 17.1 Å². The standard InChI is InChI=1S/C14H25N5/c1-14(2,11-5-7-19(3)9-11)10-17-12-4-6-16-13(8-15)18-12/h4,6,11H,5,7-10,15H2,1-3H3,(H,16,17,18). The van der Waals surface area contributed by atoms with Crippen LogP contribution in [0.3, 0.4) is 0 Å². The van der Waals surface area contributed by atoms with Crippen molar-refractivity contribution < 1.29 is 0 Å². The van der Waals surface area contributed by atoms with E-state index in [1.54, 1.807) is 6.20 Å². The number of hydrogen-bond donors (Lipinski definition) is 2. The highest BCUT2D eigenvalue weighted by molar-refractivity contribution is 5.33. The molecule has 0 spiro atoms. The van der Waals surface area contributed by atoms with Crippen LogP contribution in [0.4, 0.5) is 5.82 Å². The van der Waals surface area contributed by atoms with Crippen molar-refractivity contribution in [3.63, 3.8) is 0 Å². The molecule has 1 aromatic heterocycles. The molecule has 0 radical (unpaired) electrons. The van der Waals surface area contributed by atoms with E-state index >= 15 is 0 Å². The van der Waals surface area contributed by atoms with E-state index in [1.807, 2.05) is 6.07 Å². The number of nitrogens with one attached hydrogen (secondary N) is 1. The molecule has 5 nitrogen and oxygen atoms in total. The van der Waals surface area contributed by atoms with Crippen molar-refractivity contribution in [3.8, 4) is 0 Å². The number of anilines is 1. The van der Waals surface area contributed by atoms with Gasteiger partial charge in [0.15, 0.2) is 0 Å². The van der Waals surface area contributed by atoms with E-state index in [0.717, 1.165) is 18.3 Å². The van der Waals surface area contributed by atoms with Crippen LogP contribution in [0.2, 0.25) is 0 Å². The van der Waals surface area contributed by atoms with E-state index in [2.05, 4.69) is 41.1 Å². The number of hydrogen-bond acceptors (Lipinski definition) is 5. The molecule has 19 heavy (non-hydrogen) atoms. The highest BCUT2D eigenvalue weighted by Crippen LogP contribution is 2.33. The molecule has 1 fully saturated rings. The normalized spacial score (nSPS) is 20.7. The predicted octanol–water partition coefficient (Wildman–Crippen LogP) is 1.33. The van der Waals surface area contributed by atoms with E-state index in [0.29, 0.717) is 12.4 Å². The summed E-state index contributed by atoms with van der Waals surface area (Å²) in [6.45, 7) is 8.36.